The molecule has 0 aromatic heterocycles. The lowest BCUT2D eigenvalue weighted by atomic mass is 10.1. The molecule has 5 nitrogen and oxygen atoms in total. The van der Waals surface area contributed by atoms with Gasteiger partial charge in [0.15, 0.2) is 6.61 Å². The van der Waals surface area contributed by atoms with Gasteiger partial charge in [0.2, 0.25) is 0 Å². The number of ether oxygens (including phenoxy) is 1. The molecule has 1 rings (SSSR count). The quantitative estimate of drug-likeness (QED) is 0.622. The Morgan fingerprint density at radius 3 is 2.67 bits per heavy atom. The predicted octanol–water partition coefficient (Wildman–Crippen LogP) is 1.26. The molecular formula is C13H18N2O3. The van der Waals surface area contributed by atoms with Crippen molar-refractivity contribution in [1.29, 1.82) is 0 Å². The van der Waals surface area contributed by atoms with Gasteiger partial charge in [0.25, 0.3) is 5.91 Å². The average molecular weight is 250 g/mol. The molecule has 1 aromatic carbocycles. The van der Waals surface area contributed by atoms with Gasteiger partial charge in [0.05, 0.1) is 5.56 Å². The van der Waals surface area contributed by atoms with Crippen molar-refractivity contribution in [3.05, 3.63) is 29.3 Å². The van der Waals surface area contributed by atoms with E-state index in [4.69, 9.17) is 10.5 Å². The van der Waals surface area contributed by atoms with Crippen LogP contribution in [0.15, 0.2) is 18.2 Å². The van der Waals surface area contributed by atoms with Gasteiger partial charge in [-0.05, 0) is 32.9 Å². The van der Waals surface area contributed by atoms with Crippen LogP contribution >= 0.6 is 0 Å². The number of amides is 1. The van der Waals surface area contributed by atoms with Crippen molar-refractivity contribution in [3.8, 4) is 0 Å². The zero-order valence-electron chi connectivity index (χ0n) is 10.8. The van der Waals surface area contributed by atoms with E-state index in [2.05, 4.69) is 5.32 Å². The number of nitrogens with two attached hydrogens (primary N) is 1. The van der Waals surface area contributed by atoms with Crippen LogP contribution in [0, 0.1) is 6.92 Å². The Kier molecular flexibility index (Phi) is 4.71. The fourth-order valence-electron chi connectivity index (χ4n) is 1.42. The molecule has 5 heteroatoms. The third-order valence-electron chi connectivity index (χ3n) is 2.21. The zero-order chi connectivity index (χ0) is 13.7. The Morgan fingerprint density at radius 1 is 1.39 bits per heavy atom. The molecule has 18 heavy (non-hydrogen) atoms. The predicted molar refractivity (Wildman–Crippen MR) is 69.2 cm³/mol. The first-order valence-corrected chi connectivity index (χ1v) is 5.72. The van der Waals surface area contributed by atoms with Gasteiger partial charge in [-0.1, -0.05) is 11.6 Å². The molecule has 0 fully saturated rings. The van der Waals surface area contributed by atoms with Crippen molar-refractivity contribution in [2.75, 3.05) is 12.3 Å². The maximum absolute atomic E-state index is 11.7. The molecule has 0 radical (unpaired) electrons. The summed E-state index contributed by atoms with van der Waals surface area (Å²) in [7, 11) is 0. The third-order valence-corrected chi connectivity index (χ3v) is 2.21. The van der Waals surface area contributed by atoms with Crippen molar-refractivity contribution in [3.63, 3.8) is 0 Å². The van der Waals surface area contributed by atoms with Crippen LogP contribution in [-0.4, -0.2) is 24.5 Å². The molecule has 0 atom stereocenters. The highest BCUT2D eigenvalue weighted by atomic mass is 16.5. The van der Waals surface area contributed by atoms with Crippen LogP contribution in [0.25, 0.3) is 0 Å². The minimum Gasteiger partial charge on any atom is -0.452 e. The molecule has 0 saturated carbocycles. The first-order valence-electron chi connectivity index (χ1n) is 5.72. The van der Waals surface area contributed by atoms with Crippen molar-refractivity contribution in [1.82, 2.24) is 5.32 Å². The van der Waals surface area contributed by atoms with Gasteiger partial charge in [-0.15, -0.1) is 0 Å². The van der Waals surface area contributed by atoms with Gasteiger partial charge in [-0.3, -0.25) is 4.79 Å². The minimum atomic E-state index is -0.588. The van der Waals surface area contributed by atoms with Gasteiger partial charge in [-0.25, -0.2) is 4.79 Å². The van der Waals surface area contributed by atoms with E-state index in [-0.39, 0.29) is 24.1 Å². The number of esters is 1. The second-order valence-corrected chi connectivity index (χ2v) is 4.39. The standard InChI is InChI=1S/C13H18N2O3/c1-8(2)15-12(16)7-18-13(17)10-6-9(3)4-5-11(10)14/h4-6,8H,7,14H2,1-3H3,(H,15,16). The molecule has 98 valence electrons. The first-order chi connectivity index (χ1) is 8.40. The van der Waals surface area contributed by atoms with E-state index in [0.717, 1.165) is 5.56 Å². The average Bonchev–Trinajstić information content (AvgIpc) is 2.28. The van der Waals surface area contributed by atoms with Crippen LogP contribution in [0.4, 0.5) is 5.69 Å². The molecule has 0 aliphatic heterocycles. The lowest BCUT2D eigenvalue weighted by molar-refractivity contribution is -0.124. The molecule has 0 heterocycles. The van der Waals surface area contributed by atoms with E-state index < -0.39 is 5.97 Å². The highest BCUT2D eigenvalue weighted by Crippen LogP contribution is 2.14. The maximum atomic E-state index is 11.7. The molecule has 0 aliphatic rings. The molecule has 0 spiro atoms. The number of carbonyl (C=O) groups excluding carboxylic acids is 2. The Labute approximate surface area is 106 Å². The summed E-state index contributed by atoms with van der Waals surface area (Å²) >= 11 is 0. The van der Waals surface area contributed by atoms with Gasteiger partial charge in [0, 0.05) is 11.7 Å². The van der Waals surface area contributed by atoms with Crippen molar-refractivity contribution in [2.24, 2.45) is 0 Å². The van der Waals surface area contributed by atoms with Crippen LogP contribution < -0.4 is 11.1 Å². The minimum absolute atomic E-state index is 0.0141. The third kappa shape index (κ3) is 4.08. The van der Waals surface area contributed by atoms with Crippen LogP contribution in [-0.2, 0) is 9.53 Å². The molecule has 0 bridgehead atoms. The van der Waals surface area contributed by atoms with Crippen LogP contribution in [0.5, 0.6) is 0 Å². The Balaban J connectivity index is 2.60. The van der Waals surface area contributed by atoms with Crippen LogP contribution in [0.1, 0.15) is 29.8 Å². The molecule has 0 unspecified atom stereocenters. The fraction of sp³-hybridized carbons (Fsp3) is 0.385. The summed E-state index contributed by atoms with van der Waals surface area (Å²) in [6.45, 7) is 5.21. The van der Waals surface area contributed by atoms with Gasteiger partial charge in [0.1, 0.15) is 0 Å². The normalized spacial score (nSPS) is 10.2. The number of nitrogens with one attached hydrogen (secondary N) is 1. The number of nitrogen functional groups attached to an aromatic ring is 1. The molecule has 0 aliphatic carbocycles. The zero-order valence-corrected chi connectivity index (χ0v) is 10.8. The second-order valence-electron chi connectivity index (χ2n) is 4.39. The van der Waals surface area contributed by atoms with E-state index in [1.54, 1.807) is 18.2 Å². The van der Waals surface area contributed by atoms with Crippen molar-refractivity contribution in [2.45, 2.75) is 26.8 Å². The van der Waals surface area contributed by atoms with E-state index in [0.29, 0.717) is 5.69 Å². The summed E-state index contributed by atoms with van der Waals surface area (Å²) in [5, 5.41) is 2.63. The summed E-state index contributed by atoms with van der Waals surface area (Å²) in [6, 6.07) is 5.09. The Morgan fingerprint density at radius 2 is 2.06 bits per heavy atom. The SMILES string of the molecule is Cc1ccc(N)c(C(=O)OCC(=O)NC(C)C)c1. The summed E-state index contributed by atoms with van der Waals surface area (Å²) in [6.07, 6.45) is 0. The monoisotopic (exact) mass is 250 g/mol. The van der Waals surface area contributed by atoms with Crippen molar-refractivity contribution >= 4 is 17.6 Å². The van der Waals surface area contributed by atoms with E-state index in [1.165, 1.54) is 0 Å². The number of benzene rings is 1. The number of anilines is 1. The van der Waals surface area contributed by atoms with Gasteiger partial charge >= 0.3 is 5.97 Å². The van der Waals surface area contributed by atoms with E-state index >= 15 is 0 Å². The molecule has 3 N–H and O–H groups in total. The van der Waals surface area contributed by atoms with Gasteiger partial charge < -0.3 is 15.8 Å². The summed E-state index contributed by atoms with van der Waals surface area (Å²) in [5.41, 5.74) is 7.21. The largest absolute Gasteiger partial charge is 0.452 e. The lowest BCUT2D eigenvalue weighted by Crippen LogP contribution is -2.34. The lowest BCUT2D eigenvalue weighted by Gasteiger charge is -2.10. The van der Waals surface area contributed by atoms with E-state index in [1.807, 2.05) is 20.8 Å². The maximum Gasteiger partial charge on any atom is 0.340 e. The molecule has 0 saturated heterocycles. The topological polar surface area (TPSA) is 81.4 Å². The van der Waals surface area contributed by atoms with E-state index in [9.17, 15) is 9.59 Å². The number of carbonyl (C=O) groups is 2. The highest BCUT2D eigenvalue weighted by Gasteiger charge is 2.13. The highest BCUT2D eigenvalue weighted by molar-refractivity contribution is 5.96. The van der Waals surface area contributed by atoms with Crippen LogP contribution in [0.3, 0.4) is 0 Å². The fourth-order valence-corrected chi connectivity index (χ4v) is 1.42. The summed E-state index contributed by atoms with van der Waals surface area (Å²) in [5.74, 6) is -0.917. The summed E-state index contributed by atoms with van der Waals surface area (Å²) in [4.78, 5) is 23.0. The number of aryl methyl sites for hydroxylation is 1. The Bertz CT molecular complexity index is 456. The summed E-state index contributed by atoms with van der Waals surface area (Å²) < 4.78 is 4.90. The first kappa shape index (κ1) is 14.0. The number of hydrogen-bond acceptors (Lipinski definition) is 4. The van der Waals surface area contributed by atoms with Gasteiger partial charge in [-0.2, -0.15) is 0 Å². The van der Waals surface area contributed by atoms with Crippen molar-refractivity contribution < 1.29 is 14.3 Å². The smallest absolute Gasteiger partial charge is 0.340 e. The molecule has 1 aromatic rings. The molecule has 1 amide bonds. The molecular weight excluding hydrogens is 232 g/mol. The Hall–Kier alpha value is -2.04. The number of hydrogen-bond donors (Lipinski definition) is 2. The van der Waals surface area contributed by atoms with Crippen LogP contribution in [0.2, 0.25) is 0 Å². The second kappa shape index (κ2) is 6.05. The number of rotatable bonds is 4.